The van der Waals surface area contributed by atoms with E-state index in [2.05, 4.69) is 5.32 Å². The number of hydrogen-bond acceptors (Lipinski definition) is 2. The predicted octanol–water partition coefficient (Wildman–Crippen LogP) is 3.97. The molecular weight excluding hydrogens is 414 g/mol. The first kappa shape index (κ1) is 21.7. The molecule has 0 saturated carbocycles. The molecule has 1 fully saturated rings. The minimum Gasteiger partial charge on any atom is -0.345 e. The van der Waals surface area contributed by atoms with Crippen LogP contribution < -0.4 is 5.32 Å². The van der Waals surface area contributed by atoms with E-state index < -0.39 is 41.3 Å². The van der Waals surface area contributed by atoms with Gasteiger partial charge in [0.25, 0.3) is 0 Å². The second-order valence-corrected chi connectivity index (χ2v) is 6.80. The third kappa shape index (κ3) is 4.74. The van der Waals surface area contributed by atoms with Crippen molar-refractivity contribution >= 4 is 11.8 Å². The number of carbonyl (C=O) groups excluding carboxylic acids is 2. The fourth-order valence-electron chi connectivity index (χ4n) is 3.29. The van der Waals surface area contributed by atoms with Gasteiger partial charge in [-0.25, -0.2) is 0 Å². The SMILES string of the molecule is O=C1NC[C@H](c2ccccc2)N(CCc2cc(C(F)(F)F)cc(C(F)(F)F)c2)C1=O. The number of piperazine rings is 1. The summed E-state index contributed by atoms with van der Waals surface area (Å²) >= 11 is 0. The first-order valence-corrected chi connectivity index (χ1v) is 8.89. The van der Waals surface area contributed by atoms with Crippen LogP contribution in [0.25, 0.3) is 0 Å². The molecule has 2 aromatic rings. The summed E-state index contributed by atoms with van der Waals surface area (Å²) in [5.74, 6) is -1.76. The smallest absolute Gasteiger partial charge is 0.345 e. The lowest BCUT2D eigenvalue weighted by molar-refractivity contribution is -0.150. The molecular formula is C20H16F6N2O2. The quantitative estimate of drug-likeness (QED) is 0.590. The highest BCUT2D eigenvalue weighted by Gasteiger charge is 2.38. The fraction of sp³-hybridized carbons (Fsp3) is 0.300. The standard InChI is InChI=1S/C20H16F6N2O2/c21-19(22,23)14-8-12(9-15(10-14)20(24,25)26)6-7-28-16(11-27-17(29)18(28)30)13-4-2-1-3-5-13/h1-5,8-10,16H,6-7,11H2,(H,27,29)/t16-/m1/s1. The van der Waals surface area contributed by atoms with Gasteiger partial charge in [0.15, 0.2) is 0 Å². The van der Waals surface area contributed by atoms with E-state index >= 15 is 0 Å². The zero-order chi connectivity index (χ0) is 22.1. The molecule has 0 unspecified atom stereocenters. The summed E-state index contributed by atoms with van der Waals surface area (Å²) in [6, 6.07) is 9.34. The molecule has 2 aromatic carbocycles. The van der Waals surface area contributed by atoms with E-state index in [1.807, 2.05) is 0 Å². The van der Waals surface area contributed by atoms with E-state index in [-0.39, 0.29) is 31.1 Å². The van der Waals surface area contributed by atoms with Gasteiger partial charge < -0.3 is 10.2 Å². The van der Waals surface area contributed by atoms with Crippen molar-refractivity contribution in [2.45, 2.75) is 24.8 Å². The lowest BCUT2D eigenvalue weighted by Gasteiger charge is -2.35. The van der Waals surface area contributed by atoms with Crippen LogP contribution >= 0.6 is 0 Å². The number of carbonyl (C=O) groups is 2. The number of amides is 2. The Labute approximate surface area is 167 Å². The van der Waals surface area contributed by atoms with Crippen LogP contribution in [0.15, 0.2) is 48.5 Å². The third-order valence-corrected chi connectivity index (χ3v) is 4.76. The molecule has 0 spiro atoms. The molecule has 0 aromatic heterocycles. The van der Waals surface area contributed by atoms with Crippen LogP contribution in [-0.4, -0.2) is 29.8 Å². The Balaban J connectivity index is 1.89. The normalized spacial score (nSPS) is 17.8. The van der Waals surface area contributed by atoms with E-state index in [4.69, 9.17) is 0 Å². The van der Waals surface area contributed by atoms with Gasteiger partial charge >= 0.3 is 24.2 Å². The van der Waals surface area contributed by atoms with Crippen molar-refractivity contribution in [3.05, 3.63) is 70.8 Å². The molecule has 160 valence electrons. The maximum absolute atomic E-state index is 13.0. The summed E-state index contributed by atoms with van der Waals surface area (Å²) in [7, 11) is 0. The molecule has 3 rings (SSSR count). The number of hydrogen-bond donors (Lipinski definition) is 1. The van der Waals surface area contributed by atoms with E-state index in [1.54, 1.807) is 30.3 Å². The van der Waals surface area contributed by atoms with Crippen LogP contribution in [0.2, 0.25) is 0 Å². The highest BCUT2D eigenvalue weighted by molar-refractivity contribution is 6.35. The molecule has 1 aliphatic heterocycles. The van der Waals surface area contributed by atoms with Gasteiger partial charge in [-0.3, -0.25) is 9.59 Å². The lowest BCUT2D eigenvalue weighted by Crippen LogP contribution is -2.54. The van der Waals surface area contributed by atoms with Crippen molar-refractivity contribution in [2.75, 3.05) is 13.1 Å². The largest absolute Gasteiger partial charge is 0.416 e. The van der Waals surface area contributed by atoms with Gasteiger partial charge in [0, 0.05) is 13.1 Å². The number of benzene rings is 2. The maximum Gasteiger partial charge on any atom is 0.416 e. The molecule has 0 bridgehead atoms. The average molecular weight is 430 g/mol. The number of alkyl halides is 6. The molecule has 10 heteroatoms. The van der Waals surface area contributed by atoms with Gasteiger partial charge in [-0.15, -0.1) is 0 Å². The van der Waals surface area contributed by atoms with E-state index in [1.165, 1.54) is 4.90 Å². The van der Waals surface area contributed by atoms with Gasteiger partial charge in [-0.05, 0) is 35.7 Å². The van der Waals surface area contributed by atoms with E-state index in [0.29, 0.717) is 17.7 Å². The topological polar surface area (TPSA) is 49.4 Å². The summed E-state index contributed by atoms with van der Waals surface area (Å²) in [6.45, 7) is -0.130. The number of nitrogens with one attached hydrogen (secondary N) is 1. The summed E-state index contributed by atoms with van der Waals surface area (Å²) in [6.07, 6.45) is -10.2. The van der Waals surface area contributed by atoms with Crippen molar-refractivity contribution < 1.29 is 35.9 Å². The summed E-state index contributed by atoms with van der Waals surface area (Å²) in [4.78, 5) is 25.3. The molecule has 1 heterocycles. The Morgan fingerprint density at radius 2 is 1.47 bits per heavy atom. The van der Waals surface area contributed by atoms with Gasteiger partial charge in [-0.2, -0.15) is 26.3 Å². The first-order chi connectivity index (χ1) is 14.0. The second-order valence-electron chi connectivity index (χ2n) is 6.80. The predicted molar refractivity (Wildman–Crippen MR) is 94.1 cm³/mol. The van der Waals surface area contributed by atoms with Crippen LogP contribution in [0.5, 0.6) is 0 Å². The van der Waals surface area contributed by atoms with Crippen molar-refractivity contribution in [1.82, 2.24) is 10.2 Å². The van der Waals surface area contributed by atoms with Crippen LogP contribution in [0.3, 0.4) is 0 Å². The summed E-state index contributed by atoms with van der Waals surface area (Å²) in [5, 5.41) is 2.44. The molecule has 1 saturated heterocycles. The highest BCUT2D eigenvalue weighted by Crippen LogP contribution is 2.36. The molecule has 0 radical (unpaired) electrons. The zero-order valence-electron chi connectivity index (χ0n) is 15.3. The Morgan fingerprint density at radius 3 is 2.00 bits per heavy atom. The zero-order valence-corrected chi connectivity index (χ0v) is 15.3. The van der Waals surface area contributed by atoms with E-state index in [0.717, 1.165) is 0 Å². The molecule has 0 aliphatic carbocycles. The van der Waals surface area contributed by atoms with Crippen LogP contribution in [0.1, 0.15) is 28.3 Å². The van der Waals surface area contributed by atoms with Crippen LogP contribution in [-0.2, 0) is 28.4 Å². The second kappa shape index (κ2) is 8.00. The third-order valence-electron chi connectivity index (χ3n) is 4.76. The minimum absolute atomic E-state index is 0.0514. The molecule has 30 heavy (non-hydrogen) atoms. The van der Waals surface area contributed by atoms with Gasteiger partial charge in [0.2, 0.25) is 0 Å². The number of halogens is 6. The van der Waals surface area contributed by atoms with Crippen molar-refractivity contribution in [1.29, 1.82) is 0 Å². The van der Waals surface area contributed by atoms with E-state index in [9.17, 15) is 35.9 Å². The number of nitrogens with zero attached hydrogens (tertiary/aromatic N) is 1. The van der Waals surface area contributed by atoms with Gasteiger partial charge in [-0.1, -0.05) is 30.3 Å². The van der Waals surface area contributed by atoms with Crippen molar-refractivity contribution in [2.24, 2.45) is 0 Å². The molecule has 1 aliphatic rings. The van der Waals surface area contributed by atoms with Gasteiger partial charge in [0.1, 0.15) is 0 Å². The van der Waals surface area contributed by atoms with Crippen molar-refractivity contribution in [3.8, 4) is 0 Å². The van der Waals surface area contributed by atoms with Crippen LogP contribution in [0, 0.1) is 0 Å². The first-order valence-electron chi connectivity index (χ1n) is 8.89. The Bertz CT molecular complexity index is 908. The molecule has 1 atom stereocenters. The Hall–Kier alpha value is -3.04. The maximum atomic E-state index is 13.0. The highest BCUT2D eigenvalue weighted by atomic mass is 19.4. The Kier molecular flexibility index (Phi) is 5.78. The molecule has 2 amide bonds. The lowest BCUT2D eigenvalue weighted by atomic mass is 10.00. The monoisotopic (exact) mass is 430 g/mol. The Morgan fingerprint density at radius 1 is 0.900 bits per heavy atom. The average Bonchev–Trinajstić information content (AvgIpc) is 2.68. The number of rotatable bonds is 4. The van der Waals surface area contributed by atoms with Crippen LogP contribution in [0.4, 0.5) is 26.3 Å². The molecule has 1 N–H and O–H groups in total. The van der Waals surface area contributed by atoms with Crippen molar-refractivity contribution in [3.63, 3.8) is 0 Å². The fourth-order valence-corrected chi connectivity index (χ4v) is 3.29. The summed E-state index contributed by atoms with van der Waals surface area (Å²) < 4.78 is 78.3. The minimum atomic E-state index is -4.95. The van der Waals surface area contributed by atoms with Gasteiger partial charge in [0.05, 0.1) is 17.2 Å². The summed E-state index contributed by atoms with van der Waals surface area (Å²) in [5.41, 5.74) is -2.39. The molecule has 4 nitrogen and oxygen atoms in total.